The highest BCUT2D eigenvalue weighted by Crippen LogP contribution is 2.18. The summed E-state index contributed by atoms with van der Waals surface area (Å²) in [4.78, 5) is 33.2. The minimum atomic E-state index is -0.874. The van der Waals surface area contributed by atoms with E-state index in [0.29, 0.717) is 32.0 Å². The fraction of sp³-hybridized carbons (Fsp3) is 0.769. The average Bonchev–Trinajstić information content (AvgIpc) is 3.15. The highest BCUT2D eigenvalue weighted by molar-refractivity contribution is 5.77. The van der Waals surface area contributed by atoms with Crippen LogP contribution in [0.5, 0.6) is 0 Å². The second-order valence-corrected chi connectivity index (χ2v) is 5.29. The molecule has 1 unspecified atom stereocenters. The molecule has 7 nitrogen and oxygen atoms in total. The van der Waals surface area contributed by atoms with Gasteiger partial charge in [0.2, 0.25) is 5.91 Å². The monoisotopic (exact) mass is 285 g/mol. The number of hydrogen-bond donors (Lipinski definition) is 4. The topological polar surface area (TPSA) is 108 Å². The van der Waals surface area contributed by atoms with E-state index in [1.807, 2.05) is 0 Å². The van der Waals surface area contributed by atoms with Crippen molar-refractivity contribution in [1.29, 1.82) is 0 Å². The number of rotatable bonds is 9. The molecule has 1 atom stereocenters. The summed E-state index contributed by atoms with van der Waals surface area (Å²) in [6.45, 7) is 2.51. The van der Waals surface area contributed by atoms with Gasteiger partial charge in [-0.05, 0) is 25.2 Å². The molecule has 7 heteroatoms. The number of hydrogen-bond acceptors (Lipinski definition) is 3. The SMILES string of the molecule is CC(CNC(=O)NCCCC(=O)NC1CC1)CC(=O)O. The minimum Gasteiger partial charge on any atom is -0.481 e. The maximum absolute atomic E-state index is 11.4. The molecule has 0 aromatic heterocycles. The van der Waals surface area contributed by atoms with Gasteiger partial charge < -0.3 is 21.1 Å². The van der Waals surface area contributed by atoms with Crippen molar-refractivity contribution in [1.82, 2.24) is 16.0 Å². The highest BCUT2D eigenvalue weighted by atomic mass is 16.4. The Morgan fingerprint density at radius 2 is 1.95 bits per heavy atom. The molecule has 1 aliphatic rings. The van der Waals surface area contributed by atoms with Gasteiger partial charge in [-0.2, -0.15) is 0 Å². The lowest BCUT2D eigenvalue weighted by Gasteiger charge is -2.11. The zero-order chi connectivity index (χ0) is 15.0. The second kappa shape index (κ2) is 8.39. The van der Waals surface area contributed by atoms with Gasteiger partial charge in [0.25, 0.3) is 0 Å². The summed E-state index contributed by atoms with van der Waals surface area (Å²) in [6.07, 6.45) is 3.17. The fourth-order valence-electron chi connectivity index (χ4n) is 1.68. The number of amides is 3. The fourth-order valence-corrected chi connectivity index (χ4v) is 1.68. The van der Waals surface area contributed by atoms with Crippen molar-refractivity contribution in [3.63, 3.8) is 0 Å². The lowest BCUT2D eigenvalue weighted by atomic mass is 10.1. The van der Waals surface area contributed by atoms with E-state index in [-0.39, 0.29) is 24.3 Å². The van der Waals surface area contributed by atoms with Crippen molar-refractivity contribution in [3.05, 3.63) is 0 Å². The van der Waals surface area contributed by atoms with Crippen molar-refractivity contribution >= 4 is 17.9 Å². The number of urea groups is 1. The van der Waals surface area contributed by atoms with Gasteiger partial charge in [0.1, 0.15) is 0 Å². The number of carbonyl (C=O) groups excluding carboxylic acids is 2. The Balaban J connectivity index is 1.96. The zero-order valence-corrected chi connectivity index (χ0v) is 11.8. The Labute approximate surface area is 118 Å². The van der Waals surface area contributed by atoms with Crippen molar-refractivity contribution in [2.45, 2.75) is 45.1 Å². The summed E-state index contributed by atoms with van der Waals surface area (Å²) in [5.41, 5.74) is 0. The van der Waals surface area contributed by atoms with Crippen molar-refractivity contribution in [2.24, 2.45) is 5.92 Å². The summed E-state index contributed by atoms with van der Waals surface area (Å²) in [5.74, 6) is -0.950. The molecule has 4 N–H and O–H groups in total. The first kappa shape index (κ1) is 16.3. The van der Waals surface area contributed by atoms with Crippen molar-refractivity contribution in [2.75, 3.05) is 13.1 Å². The third kappa shape index (κ3) is 8.34. The Bertz CT molecular complexity index is 356. The number of carboxylic acids is 1. The van der Waals surface area contributed by atoms with E-state index in [0.717, 1.165) is 12.8 Å². The van der Waals surface area contributed by atoms with E-state index in [2.05, 4.69) is 16.0 Å². The van der Waals surface area contributed by atoms with Gasteiger partial charge in [0.05, 0.1) is 0 Å². The number of nitrogens with one attached hydrogen (secondary N) is 3. The molecule has 0 heterocycles. The molecule has 0 saturated heterocycles. The normalized spacial score (nSPS) is 15.2. The molecule has 1 rings (SSSR count). The number of carboxylic acid groups (broad SMARTS) is 1. The maximum atomic E-state index is 11.4. The van der Waals surface area contributed by atoms with E-state index < -0.39 is 5.97 Å². The van der Waals surface area contributed by atoms with Crippen LogP contribution >= 0.6 is 0 Å². The van der Waals surface area contributed by atoms with Crippen LogP contribution < -0.4 is 16.0 Å². The Hall–Kier alpha value is -1.79. The predicted octanol–water partition coefficient (Wildman–Crippen LogP) is 0.455. The highest BCUT2D eigenvalue weighted by Gasteiger charge is 2.22. The molecule has 114 valence electrons. The molecule has 0 aromatic rings. The molecule has 0 spiro atoms. The van der Waals surface area contributed by atoms with Crippen molar-refractivity contribution in [3.8, 4) is 0 Å². The van der Waals surface area contributed by atoms with Crippen LogP contribution in [0.15, 0.2) is 0 Å². The summed E-state index contributed by atoms with van der Waals surface area (Å²) in [7, 11) is 0. The molecule has 0 aromatic carbocycles. The van der Waals surface area contributed by atoms with E-state index in [1.54, 1.807) is 6.92 Å². The van der Waals surface area contributed by atoms with Gasteiger partial charge in [-0.25, -0.2) is 4.79 Å². The van der Waals surface area contributed by atoms with Gasteiger partial charge in [0.15, 0.2) is 0 Å². The molecular weight excluding hydrogens is 262 g/mol. The average molecular weight is 285 g/mol. The first-order valence-corrected chi connectivity index (χ1v) is 7.00. The van der Waals surface area contributed by atoms with Crippen LogP contribution in [0.4, 0.5) is 4.79 Å². The third-order valence-electron chi connectivity index (χ3n) is 2.94. The summed E-state index contributed by atoms with van der Waals surface area (Å²) >= 11 is 0. The van der Waals surface area contributed by atoms with Gasteiger partial charge in [-0.3, -0.25) is 9.59 Å². The van der Waals surface area contributed by atoms with Crippen LogP contribution in [0.3, 0.4) is 0 Å². The number of carbonyl (C=O) groups is 3. The largest absolute Gasteiger partial charge is 0.481 e. The minimum absolute atomic E-state index is 0.0294. The lowest BCUT2D eigenvalue weighted by molar-refractivity contribution is -0.137. The van der Waals surface area contributed by atoms with E-state index in [1.165, 1.54) is 0 Å². The molecule has 1 aliphatic carbocycles. The molecule has 0 aliphatic heterocycles. The first-order chi connectivity index (χ1) is 9.47. The molecular formula is C13H23N3O4. The van der Waals surface area contributed by atoms with Crippen LogP contribution in [0, 0.1) is 5.92 Å². The lowest BCUT2D eigenvalue weighted by Crippen LogP contribution is -2.38. The standard InChI is InChI=1S/C13H23N3O4/c1-9(7-12(18)19)8-15-13(20)14-6-2-3-11(17)16-10-4-5-10/h9-10H,2-8H2,1H3,(H,16,17)(H,18,19)(H2,14,15,20). The van der Waals surface area contributed by atoms with Crippen LogP contribution in [0.2, 0.25) is 0 Å². The zero-order valence-electron chi connectivity index (χ0n) is 11.8. The first-order valence-electron chi connectivity index (χ1n) is 7.00. The molecule has 3 amide bonds. The Morgan fingerprint density at radius 1 is 1.25 bits per heavy atom. The van der Waals surface area contributed by atoms with Gasteiger partial charge in [-0.1, -0.05) is 6.92 Å². The van der Waals surface area contributed by atoms with Crippen LogP contribution in [0.25, 0.3) is 0 Å². The van der Waals surface area contributed by atoms with Gasteiger partial charge in [0, 0.05) is 32.0 Å². The quantitative estimate of drug-likeness (QED) is 0.461. The van der Waals surface area contributed by atoms with E-state index in [4.69, 9.17) is 5.11 Å². The summed E-state index contributed by atoms with van der Waals surface area (Å²) < 4.78 is 0. The van der Waals surface area contributed by atoms with Gasteiger partial charge >= 0.3 is 12.0 Å². The Kier molecular flexibility index (Phi) is 6.83. The smallest absolute Gasteiger partial charge is 0.314 e. The summed E-state index contributed by atoms with van der Waals surface area (Å²) in [5, 5.41) is 16.7. The van der Waals surface area contributed by atoms with Gasteiger partial charge in [-0.15, -0.1) is 0 Å². The van der Waals surface area contributed by atoms with E-state index in [9.17, 15) is 14.4 Å². The van der Waals surface area contributed by atoms with Crippen LogP contribution in [-0.4, -0.2) is 42.1 Å². The van der Waals surface area contributed by atoms with Crippen molar-refractivity contribution < 1.29 is 19.5 Å². The molecule has 1 fully saturated rings. The predicted molar refractivity (Wildman–Crippen MR) is 73.2 cm³/mol. The maximum Gasteiger partial charge on any atom is 0.314 e. The Morgan fingerprint density at radius 3 is 2.55 bits per heavy atom. The van der Waals surface area contributed by atoms with E-state index >= 15 is 0 Å². The molecule has 20 heavy (non-hydrogen) atoms. The van der Waals surface area contributed by atoms with Crippen LogP contribution in [-0.2, 0) is 9.59 Å². The molecule has 0 radical (unpaired) electrons. The summed E-state index contributed by atoms with van der Waals surface area (Å²) in [6, 6.07) is 0.0410. The molecule has 1 saturated carbocycles. The van der Waals surface area contributed by atoms with Crippen LogP contribution in [0.1, 0.15) is 39.0 Å². The number of aliphatic carboxylic acids is 1. The second-order valence-electron chi connectivity index (χ2n) is 5.29. The third-order valence-corrected chi connectivity index (χ3v) is 2.94. The molecule has 0 bridgehead atoms.